The first-order valence-electron chi connectivity index (χ1n) is 7.48. The van der Waals surface area contributed by atoms with E-state index >= 15 is 0 Å². The average molecular weight is 366 g/mol. The predicted octanol–water partition coefficient (Wildman–Crippen LogP) is 1.01. The highest BCUT2D eigenvalue weighted by Crippen LogP contribution is 2.14. The molecule has 0 bridgehead atoms. The first-order valence-corrected chi connectivity index (χ1v) is 8.36. The second kappa shape index (κ2) is 11.0. The Morgan fingerprint density at radius 3 is 2.72 bits per heavy atom. The summed E-state index contributed by atoms with van der Waals surface area (Å²) in [6.07, 6.45) is 0.291. The van der Waals surface area contributed by atoms with Crippen LogP contribution in [0.3, 0.4) is 0 Å². The highest BCUT2D eigenvalue weighted by Gasteiger charge is 2.06. The molecule has 1 aromatic heterocycles. The van der Waals surface area contributed by atoms with E-state index in [1.807, 2.05) is 29.6 Å². The van der Waals surface area contributed by atoms with Crippen molar-refractivity contribution in [2.24, 2.45) is 5.73 Å². The van der Waals surface area contributed by atoms with E-state index in [0.717, 1.165) is 23.9 Å². The minimum atomic E-state index is -0.833. The normalized spacial score (nSPS) is 9.68. The lowest BCUT2D eigenvalue weighted by Gasteiger charge is -2.07. The lowest BCUT2D eigenvalue weighted by Crippen LogP contribution is -2.24. The number of nitrogen functional groups attached to an aromatic ring is 1. The Balaban J connectivity index is 0.000000705. The molecule has 0 saturated heterocycles. The van der Waals surface area contributed by atoms with Crippen LogP contribution in [0.1, 0.15) is 18.2 Å². The average Bonchev–Trinajstić information content (AvgIpc) is 2.96. The number of amides is 1. The number of nitrogens with one attached hydrogen (secondary N) is 1. The number of nitrogens with two attached hydrogens (primary N) is 2. The van der Waals surface area contributed by atoms with E-state index < -0.39 is 5.97 Å². The Kier molecular flexibility index (Phi) is 8.97. The Bertz CT molecular complexity index is 686. The minimum Gasteiger partial charge on any atom is -0.492 e. The summed E-state index contributed by atoms with van der Waals surface area (Å²) in [7, 11) is 0. The molecule has 0 aliphatic carbocycles. The zero-order valence-corrected chi connectivity index (χ0v) is 14.7. The van der Waals surface area contributed by atoms with E-state index in [9.17, 15) is 4.79 Å². The molecular formula is C16H22N4O4S. The van der Waals surface area contributed by atoms with Gasteiger partial charge in [0.15, 0.2) is 5.13 Å². The van der Waals surface area contributed by atoms with Gasteiger partial charge in [-0.3, -0.25) is 9.59 Å². The van der Waals surface area contributed by atoms with Gasteiger partial charge in [0.1, 0.15) is 12.4 Å². The number of aliphatic carboxylic acids is 1. The van der Waals surface area contributed by atoms with Gasteiger partial charge < -0.3 is 26.6 Å². The van der Waals surface area contributed by atoms with Crippen LogP contribution in [-0.4, -0.2) is 35.1 Å². The van der Waals surface area contributed by atoms with Crippen molar-refractivity contribution < 1.29 is 19.4 Å². The van der Waals surface area contributed by atoms with Gasteiger partial charge >= 0.3 is 0 Å². The van der Waals surface area contributed by atoms with Gasteiger partial charge in [-0.05, 0) is 17.7 Å². The molecule has 6 N–H and O–H groups in total. The molecule has 8 nitrogen and oxygen atoms in total. The molecule has 1 heterocycles. The van der Waals surface area contributed by atoms with E-state index in [-0.39, 0.29) is 5.91 Å². The van der Waals surface area contributed by atoms with Gasteiger partial charge in [0.05, 0.1) is 18.7 Å². The number of ether oxygens (including phenoxy) is 1. The SMILES string of the molecule is CC(=O)O.NCCOc1cccc(CC(=O)NCc2csc(N)n2)c1. The van der Waals surface area contributed by atoms with Crippen molar-refractivity contribution in [3.8, 4) is 5.75 Å². The van der Waals surface area contributed by atoms with Gasteiger partial charge in [0, 0.05) is 18.8 Å². The monoisotopic (exact) mass is 366 g/mol. The quantitative estimate of drug-likeness (QED) is 0.573. The van der Waals surface area contributed by atoms with E-state index in [1.54, 1.807) is 0 Å². The minimum absolute atomic E-state index is 0.0717. The summed E-state index contributed by atoms with van der Waals surface area (Å²) in [5.74, 6) is -0.185. The predicted molar refractivity (Wildman–Crippen MR) is 96.4 cm³/mol. The number of hydrogen-bond acceptors (Lipinski definition) is 7. The zero-order valence-electron chi connectivity index (χ0n) is 13.9. The van der Waals surface area contributed by atoms with Crippen LogP contribution in [0.25, 0.3) is 0 Å². The standard InChI is InChI=1S/C14H18N4O2S.C2H4O2/c15-4-5-20-12-3-1-2-10(6-12)7-13(19)17-8-11-9-21-14(16)18-11;1-2(3)4/h1-3,6,9H,4-5,7-8,15H2,(H2,16,18)(H,17,19);1H3,(H,3,4). The molecule has 0 fully saturated rings. The summed E-state index contributed by atoms with van der Waals surface area (Å²) in [4.78, 5) is 25.0. The molecule has 0 radical (unpaired) electrons. The summed E-state index contributed by atoms with van der Waals surface area (Å²) < 4.78 is 5.43. The van der Waals surface area contributed by atoms with Crippen molar-refractivity contribution in [1.82, 2.24) is 10.3 Å². The number of carboxylic acids is 1. The van der Waals surface area contributed by atoms with E-state index in [0.29, 0.717) is 31.2 Å². The third kappa shape index (κ3) is 9.28. The van der Waals surface area contributed by atoms with Crippen LogP contribution in [0.2, 0.25) is 0 Å². The molecular weight excluding hydrogens is 344 g/mol. The summed E-state index contributed by atoms with van der Waals surface area (Å²) >= 11 is 1.36. The zero-order chi connectivity index (χ0) is 18.7. The van der Waals surface area contributed by atoms with Crippen molar-refractivity contribution in [2.45, 2.75) is 19.9 Å². The molecule has 1 amide bonds. The fourth-order valence-corrected chi connectivity index (χ4v) is 2.33. The number of thiazole rings is 1. The van der Waals surface area contributed by atoms with Crippen LogP contribution in [0.5, 0.6) is 5.75 Å². The van der Waals surface area contributed by atoms with Gasteiger partial charge in [-0.25, -0.2) is 4.98 Å². The van der Waals surface area contributed by atoms with Crippen LogP contribution >= 0.6 is 11.3 Å². The van der Waals surface area contributed by atoms with Crippen LogP contribution in [-0.2, 0) is 22.6 Å². The highest BCUT2D eigenvalue weighted by molar-refractivity contribution is 7.13. The largest absolute Gasteiger partial charge is 0.492 e. The lowest BCUT2D eigenvalue weighted by molar-refractivity contribution is -0.134. The van der Waals surface area contributed by atoms with Gasteiger partial charge in [-0.2, -0.15) is 0 Å². The molecule has 2 rings (SSSR count). The molecule has 1 aromatic carbocycles. The smallest absolute Gasteiger partial charge is 0.300 e. The third-order valence-electron chi connectivity index (χ3n) is 2.69. The molecule has 0 aliphatic heterocycles. The second-order valence-electron chi connectivity index (χ2n) is 4.93. The fourth-order valence-electron chi connectivity index (χ4n) is 1.76. The highest BCUT2D eigenvalue weighted by atomic mass is 32.1. The molecule has 2 aromatic rings. The third-order valence-corrected chi connectivity index (χ3v) is 3.41. The molecule has 25 heavy (non-hydrogen) atoms. The van der Waals surface area contributed by atoms with Crippen molar-refractivity contribution in [3.05, 3.63) is 40.9 Å². The number of carbonyl (C=O) groups excluding carboxylic acids is 1. The maximum atomic E-state index is 11.9. The summed E-state index contributed by atoms with van der Waals surface area (Å²) in [6.45, 7) is 2.39. The number of benzene rings is 1. The first-order chi connectivity index (χ1) is 11.9. The van der Waals surface area contributed by atoms with E-state index in [2.05, 4.69) is 10.3 Å². The van der Waals surface area contributed by atoms with Crippen LogP contribution in [0, 0.1) is 0 Å². The van der Waals surface area contributed by atoms with Gasteiger partial charge in [0.2, 0.25) is 5.91 Å². The van der Waals surface area contributed by atoms with Crippen molar-refractivity contribution in [2.75, 3.05) is 18.9 Å². The van der Waals surface area contributed by atoms with E-state index in [4.69, 9.17) is 26.1 Å². The van der Waals surface area contributed by atoms with Crippen molar-refractivity contribution >= 4 is 28.3 Å². The second-order valence-corrected chi connectivity index (χ2v) is 5.82. The van der Waals surface area contributed by atoms with Gasteiger partial charge in [-0.15, -0.1) is 11.3 Å². The molecule has 9 heteroatoms. The van der Waals surface area contributed by atoms with Crippen molar-refractivity contribution in [1.29, 1.82) is 0 Å². The molecule has 136 valence electrons. The molecule has 0 atom stereocenters. The number of hydrogen-bond donors (Lipinski definition) is 4. The maximum absolute atomic E-state index is 11.9. The Morgan fingerprint density at radius 2 is 2.12 bits per heavy atom. The van der Waals surface area contributed by atoms with Crippen molar-refractivity contribution in [3.63, 3.8) is 0 Å². The Hall–Kier alpha value is -2.65. The molecule has 0 spiro atoms. The van der Waals surface area contributed by atoms with Gasteiger partial charge in [0.25, 0.3) is 5.97 Å². The van der Waals surface area contributed by atoms with Crippen LogP contribution in [0.15, 0.2) is 29.6 Å². The fraction of sp³-hybridized carbons (Fsp3) is 0.312. The summed E-state index contributed by atoms with van der Waals surface area (Å²) in [5, 5.41) is 12.6. The molecule has 0 unspecified atom stereocenters. The number of aromatic nitrogens is 1. The van der Waals surface area contributed by atoms with Crippen LogP contribution < -0.4 is 21.5 Å². The number of carbonyl (C=O) groups is 2. The first kappa shape index (κ1) is 20.4. The van der Waals surface area contributed by atoms with Crippen LogP contribution in [0.4, 0.5) is 5.13 Å². The maximum Gasteiger partial charge on any atom is 0.300 e. The van der Waals surface area contributed by atoms with E-state index in [1.165, 1.54) is 11.3 Å². The summed E-state index contributed by atoms with van der Waals surface area (Å²) in [5.41, 5.74) is 12.6. The lowest BCUT2D eigenvalue weighted by atomic mass is 10.1. The topological polar surface area (TPSA) is 141 Å². The number of carboxylic acid groups (broad SMARTS) is 1. The Morgan fingerprint density at radius 1 is 1.40 bits per heavy atom. The Labute approximate surface area is 149 Å². The number of anilines is 1. The summed E-state index contributed by atoms with van der Waals surface area (Å²) in [6, 6.07) is 7.43. The molecule has 0 saturated carbocycles. The molecule has 0 aliphatic rings. The van der Waals surface area contributed by atoms with Gasteiger partial charge in [-0.1, -0.05) is 12.1 Å². The number of rotatable bonds is 7. The number of nitrogens with zero attached hydrogens (tertiary/aromatic N) is 1.